The van der Waals surface area contributed by atoms with Gasteiger partial charge in [-0.15, -0.1) is 23.1 Å². The van der Waals surface area contributed by atoms with Crippen molar-refractivity contribution in [3.63, 3.8) is 0 Å². The van der Waals surface area contributed by atoms with E-state index >= 15 is 0 Å². The zero-order valence-electron chi connectivity index (χ0n) is 16.5. The summed E-state index contributed by atoms with van der Waals surface area (Å²) in [5.41, 5.74) is 5.57. The molecule has 2 aromatic rings. The van der Waals surface area contributed by atoms with Gasteiger partial charge in [-0.3, -0.25) is 19.3 Å². The lowest BCUT2D eigenvalue weighted by Crippen LogP contribution is -2.71. The maximum atomic E-state index is 13.1. The van der Waals surface area contributed by atoms with Crippen molar-refractivity contribution in [2.24, 2.45) is 0 Å². The number of aliphatic carboxylic acids is 1. The van der Waals surface area contributed by atoms with E-state index in [4.69, 9.17) is 15.0 Å². The van der Waals surface area contributed by atoms with Crippen LogP contribution in [0.15, 0.2) is 33.3 Å². The summed E-state index contributed by atoms with van der Waals surface area (Å²) >= 11 is 2.57. The number of hydrogen-bond donors (Lipinski definition) is 3. The van der Waals surface area contributed by atoms with Gasteiger partial charge >= 0.3 is 18.0 Å². The zero-order chi connectivity index (χ0) is 23.0. The van der Waals surface area contributed by atoms with Crippen molar-refractivity contribution >= 4 is 52.9 Å². The number of aromatic nitrogens is 2. The Bertz CT molecular complexity index is 1110. The van der Waals surface area contributed by atoms with Crippen LogP contribution < -0.4 is 11.1 Å². The standard InChI is InChI=1S/C18H17N5O7S2/c1-7(24)29-5-8-6-32-16-11(15(26)23(16)12(8)17(27)28)20-14(25)10(9-3-2-4-31-9)13-21-18(19)30-22-13/h2-4,10-11,16H,5-6H2,1H3,(H,20,25)(H,27,28)(H2,19,21,22)/t10?,11-,16?/m0/s1. The second kappa shape index (κ2) is 8.63. The van der Waals surface area contributed by atoms with E-state index in [1.54, 1.807) is 17.5 Å². The number of nitrogens with zero attached hydrogens (tertiary/aromatic N) is 3. The number of nitrogens with one attached hydrogen (secondary N) is 1. The number of nitrogen functional groups attached to an aromatic ring is 1. The van der Waals surface area contributed by atoms with Gasteiger partial charge in [0, 0.05) is 23.1 Å². The number of amides is 2. The minimum atomic E-state index is -1.31. The van der Waals surface area contributed by atoms with E-state index in [9.17, 15) is 24.3 Å². The third kappa shape index (κ3) is 3.93. The van der Waals surface area contributed by atoms with Crippen LogP contribution in [0.25, 0.3) is 0 Å². The number of fused-ring (bicyclic) bond motifs is 1. The van der Waals surface area contributed by atoms with Crippen molar-refractivity contribution in [2.75, 3.05) is 18.1 Å². The molecule has 2 aliphatic rings. The molecular formula is C18H17N5O7S2. The first-order valence-electron chi connectivity index (χ1n) is 9.24. The molecule has 14 heteroatoms. The summed E-state index contributed by atoms with van der Waals surface area (Å²) < 4.78 is 9.70. The molecule has 0 aliphatic carbocycles. The number of anilines is 1. The first-order valence-corrected chi connectivity index (χ1v) is 11.2. The molecule has 0 bridgehead atoms. The highest BCUT2D eigenvalue weighted by molar-refractivity contribution is 8.00. The van der Waals surface area contributed by atoms with Gasteiger partial charge in [0.25, 0.3) is 5.91 Å². The summed E-state index contributed by atoms with van der Waals surface area (Å²) in [7, 11) is 0. The number of thiophene rings is 1. The van der Waals surface area contributed by atoms with Crippen molar-refractivity contribution in [1.82, 2.24) is 20.4 Å². The molecule has 0 saturated carbocycles. The van der Waals surface area contributed by atoms with Gasteiger partial charge in [-0.05, 0) is 11.4 Å². The Morgan fingerprint density at radius 2 is 2.25 bits per heavy atom. The Kier molecular flexibility index (Phi) is 5.88. The fraction of sp³-hybridized carbons (Fsp3) is 0.333. The van der Waals surface area contributed by atoms with Crippen LogP contribution >= 0.6 is 23.1 Å². The maximum absolute atomic E-state index is 13.1. The molecule has 0 radical (unpaired) electrons. The van der Waals surface area contributed by atoms with E-state index in [-0.39, 0.29) is 29.9 Å². The molecule has 2 aliphatic heterocycles. The number of rotatable bonds is 7. The van der Waals surface area contributed by atoms with Crippen molar-refractivity contribution in [2.45, 2.75) is 24.3 Å². The van der Waals surface area contributed by atoms with Gasteiger partial charge in [-0.1, -0.05) is 11.2 Å². The number of ether oxygens (including phenoxy) is 1. The van der Waals surface area contributed by atoms with Crippen molar-refractivity contribution < 1.29 is 33.5 Å². The monoisotopic (exact) mass is 479 g/mol. The summed E-state index contributed by atoms with van der Waals surface area (Å²) in [5, 5.41) is 17.2. The van der Waals surface area contributed by atoms with Crippen LogP contribution in [-0.4, -0.2) is 67.7 Å². The Morgan fingerprint density at radius 3 is 2.84 bits per heavy atom. The van der Waals surface area contributed by atoms with E-state index in [2.05, 4.69) is 15.5 Å². The number of hydrogen-bond acceptors (Lipinski definition) is 11. The van der Waals surface area contributed by atoms with Crippen LogP contribution in [0.4, 0.5) is 6.01 Å². The van der Waals surface area contributed by atoms with E-state index < -0.39 is 41.1 Å². The van der Waals surface area contributed by atoms with Crippen LogP contribution in [0.5, 0.6) is 0 Å². The van der Waals surface area contributed by atoms with Gasteiger partial charge in [0.2, 0.25) is 5.91 Å². The number of carboxylic acids is 1. The smallest absolute Gasteiger partial charge is 0.352 e. The minimum absolute atomic E-state index is 0.0529. The number of thioether (sulfide) groups is 1. The lowest BCUT2D eigenvalue weighted by Gasteiger charge is -2.49. The third-order valence-corrected chi connectivity index (χ3v) is 7.08. The second-order valence-electron chi connectivity index (χ2n) is 6.87. The number of carbonyl (C=O) groups excluding carboxylic acids is 3. The van der Waals surface area contributed by atoms with Crippen molar-refractivity contribution in [3.05, 3.63) is 39.5 Å². The molecule has 12 nitrogen and oxygen atoms in total. The van der Waals surface area contributed by atoms with Crippen LogP contribution in [-0.2, 0) is 23.9 Å². The minimum Gasteiger partial charge on any atom is -0.477 e. The molecule has 2 aromatic heterocycles. The van der Waals surface area contributed by atoms with E-state index in [1.165, 1.54) is 30.0 Å². The summed E-state index contributed by atoms with van der Waals surface area (Å²) in [6.45, 7) is 0.985. The van der Waals surface area contributed by atoms with Crippen molar-refractivity contribution in [3.8, 4) is 0 Å². The highest BCUT2D eigenvalue weighted by Crippen LogP contribution is 2.41. The third-order valence-electron chi connectivity index (χ3n) is 4.80. The molecule has 1 saturated heterocycles. The summed E-state index contributed by atoms with van der Waals surface area (Å²) in [5.74, 6) is -3.65. The zero-order valence-corrected chi connectivity index (χ0v) is 18.1. The van der Waals surface area contributed by atoms with Crippen LogP contribution in [0.1, 0.15) is 23.5 Å². The fourth-order valence-corrected chi connectivity index (χ4v) is 5.56. The molecule has 2 amide bonds. The summed E-state index contributed by atoms with van der Waals surface area (Å²) in [4.78, 5) is 54.5. The number of β-lactam (4-membered cyclic amide) rings is 1. The molecule has 4 heterocycles. The van der Waals surface area contributed by atoms with Gasteiger partial charge in [-0.25, -0.2) is 4.79 Å². The van der Waals surface area contributed by atoms with Gasteiger partial charge in [0.1, 0.15) is 29.6 Å². The highest BCUT2D eigenvalue weighted by atomic mass is 32.2. The van der Waals surface area contributed by atoms with Gasteiger partial charge in [0.05, 0.1) is 0 Å². The van der Waals surface area contributed by atoms with E-state index in [0.717, 1.165) is 4.90 Å². The molecule has 32 heavy (non-hydrogen) atoms. The van der Waals surface area contributed by atoms with Crippen LogP contribution in [0.3, 0.4) is 0 Å². The van der Waals surface area contributed by atoms with Gasteiger partial charge in [-0.2, -0.15) is 4.98 Å². The average Bonchev–Trinajstić information content (AvgIpc) is 3.42. The fourth-order valence-electron chi connectivity index (χ4n) is 3.41. The van der Waals surface area contributed by atoms with Gasteiger partial charge < -0.3 is 25.4 Å². The molecule has 0 aromatic carbocycles. The molecule has 1 fully saturated rings. The SMILES string of the molecule is CC(=O)OCC1=C(C(=O)O)N2C(=O)[C@H](NC(=O)C(c3noc(N)n3)c3cccs3)C2SC1. The number of nitrogens with two attached hydrogens (primary N) is 1. The largest absolute Gasteiger partial charge is 0.477 e. The van der Waals surface area contributed by atoms with Crippen LogP contribution in [0, 0.1) is 0 Å². The molecule has 4 rings (SSSR count). The Labute approximate surface area is 188 Å². The van der Waals surface area contributed by atoms with Crippen LogP contribution in [0.2, 0.25) is 0 Å². The number of carbonyl (C=O) groups is 4. The summed E-state index contributed by atoms with van der Waals surface area (Å²) in [6, 6.07) is 2.34. The lowest BCUT2D eigenvalue weighted by molar-refractivity contribution is -0.151. The molecule has 0 spiro atoms. The Morgan fingerprint density at radius 1 is 1.47 bits per heavy atom. The Balaban J connectivity index is 1.54. The molecule has 4 N–H and O–H groups in total. The number of carboxylic acid groups (broad SMARTS) is 1. The molecule has 2 unspecified atom stereocenters. The van der Waals surface area contributed by atoms with Gasteiger partial charge in [0.15, 0.2) is 5.82 Å². The second-order valence-corrected chi connectivity index (χ2v) is 8.96. The van der Waals surface area contributed by atoms with E-state index in [1.807, 2.05) is 0 Å². The quantitative estimate of drug-likeness (QED) is 0.363. The topological polar surface area (TPSA) is 178 Å². The number of esters is 1. The molecule has 168 valence electrons. The predicted molar refractivity (Wildman–Crippen MR) is 111 cm³/mol. The molecular weight excluding hydrogens is 462 g/mol. The lowest BCUT2D eigenvalue weighted by atomic mass is 10.0. The Hall–Kier alpha value is -3.39. The summed E-state index contributed by atoms with van der Waals surface area (Å²) in [6.07, 6.45) is 0. The first kappa shape index (κ1) is 21.8. The highest BCUT2D eigenvalue weighted by Gasteiger charge is 2.54. The average molecular weight is 479 g/mol. The first-order chi connectivity index (χ1) is 15.3. The van der Waals surface area contributed by atoms with Crippen molar-refractivity contribution in [1.29, 1.82) is 0 Å². The maximum Gasteiger partial charge on any atom is 0.352 e. The van der Waals surface area contributed by atoms with E-state index in [0.29, 0.717) is 10.5 Å². The predicted octanol–water partition coefficient (Wildman–Crippen LogP) is 0.147. The normalized spacial score (nSPS) is 20.9. The molecule has 3 atom stereocenters.